The number of aryl methyl sites for hydroxylation is 2. The summed E-state index contributed by atoms with van der Waals surface area (Å²) in [5.41, 5.74) is 8.22. The van der Waals surface area contributed by atoms with Gasteiger partial charge >= 0.3 is 0 Å². The van der Waals surface area contributed by atoms with E-state index in [1.165, 1.54) is 33.5 Å². The summed E-state index contributed by atoms with van der Waals surface area (Å²) in [6.45, 7) is 2.08. The molecule has 1 aliphatic rings. The average molecular weight is 429 g/mol. The Bertz CT molecular complexity index is 1010. The van der Waals surface area contributed by atoms with E-state index in [4.69, 9.17) is 0 Å². The van der Waals surface area contributed by atoms with Crippen LogP contribution in [0.15, 0.2) is 66.7 Å². The van der Waals surface area contributed by atoms with Gasteiger partial charge < -0.3 is 15.3 Å². The second-order valence-electron chi connectivity index (χ2n) is 9.38. The zero-order chi connectivity index (χ0) is 22.3. The number of fused-ring (bicyclic) bond motifs is 1. The molecule has 3 aromatic rings. The number of rotatable bonds is 9. The fourth-order valence-corrected chi connectivity index (χ4v) is 4.76. The van der Waals surface area contributed by atoms with Crippen LogP contribution in [0.25, 0.3) is 0 Å². The molecule has 2 N–H and O–H groups in total. The van der Waals surface area contributed by atoms with Gasteiger partial charge in [0.25, 0.3) is 0 Å². The highest BCUT2D eigenvalue weighted by Crippen LogP contribution is 2.37. The van der Waals surface area contributed by atoms with E-state index in [0.29, 0.717) is 11.7 Å². The zero-order valence-corrected chi connectivity index (χ0v) is 19.5. The molecule has 0 bridgehead atoms. The molecule has 0 spiro atoms. The molecule has 0 saturated heterocycles. The Morgan fingerprint density at radius 2 is 1.66 bits per heavy atom. The van der Waals surface area contributed by atoms with Crippen molar-refractivity contribution in [3.8, 4) is 5.75 Å². The smallest absolute Gasteiger partial charge is 0.115 e. The van der Waals surface area contributed by atoms with Gasteiger partial charge in [-0.15, -0.1) is 0 Å². The van der Waals surface area contributed by atoms with Gasteiger partial charge in [0.1, 0.15) is 5.75 Å². The van der Waals surface area contributed by atoms with Crippen molar-refractivity contribution in [3.63, 3.8) is 0 Å². The second kappa shape index (κ2) is 10.7. The van der Waals surface area contributed by atoms with Crippen LogP contribution in [0, 0.1) is 0 Å². The summed E-state index contributed by atoms with van der Waals surface area (Å²) < 4.78 is 0. The average Bonchev–Trinajstić information content (AvgIpc) is 2.81. The number of para-hydroxylation sites is 1. The molecule has 3 aromatic carbocycles. The van der Waals surface area contributed by atoms with E-state index in [0.717, 1.165) is 51.6 Å². The molecule has 1 atom stereocenters. The molecule has 0 aliphatic heterocycles. The van der Waals surface area contributed by atoms with Gasteiger partial charge in [0.15, 0.2) is 0 Å². The van der Waals surface area contributed by atoms with Gasteiger partial charge in [0.05, 0.1) is 0 Å². The lowest BCUT2D eigenvalue weighted by Crippen LogP contribution is -2.15. The predicted molar refractivity (Wildman–Crippen MR) is 135 cm³/mol. The molecule has 1 aliphatic carbocycles. The summed E-state index contributed by atoms with van der Waals surface area (Å²) in [7, 11) is 4.25. The Balaban J connectivity index is 1.30. The minimum Gasteiger partial charge on any atom is -0.508 e. The van der Waals surface area contributed by atoms with Crippen molar-refractivity contribution >= 4 is 5.69 Å². The third-order valence-electron chi connectivity index (χ3n) is 6.65. The van der Waals surface area contributed by atoms with Crippen LogP contribution in [0.4, 0.5) is 5.69 Å². The quantitative estimate of drug-likeness (QED) is 0.422. The first kappa shape index (κ1) is 22.4. The number of benzene rings is 3. The highest BCUT2D eigenvalue weighted by molar-refractivity contribution is 5.54. The molecule has 0 radical (unpaired) electrons. The van der Waals surface area contributed by atoms with E-state index in [1.54, 1.807) is 0 Å². The summed E-state index contributed by atoms with van der Waals surface area (Å²) in [5, 5.41) is 13.5. The summed E-state index contributed by atoms with van der Waals surface area (Å²) in [6.07, 6.45) is 6.55. The summed E-state index contributed by atoms with van der Waals surface area (Å²) in [5.74, 6) is 0.915. The maximum absolute atomic E-state index is 9.76. The first-order chi connectivity index (χ1) is 15.6. The number of anilines is 1. The number of phenolic OH excluding ortho intramolecular Hbond substituents is 1. The lowest BCUT2D eigenvalue weighted by atomic mass is 9.79. The van der Waals surface area contributed by atoms with Gasteiger partial charge in [0, 0.05) is 18.8 Å². The molecule has 0 fully saturated rings. The highest BCUT2D eigenvalue weighted by Gasteiger charge is 2.22. The third-order valence-corrected chi connectivity index (χ3v) is 6.65. The molecule has 32 heavy (non-hydrogen) atoms. The Morgan fingerprint density at radius 1 is 0.906 bits per heavy atom. The minimum atomic E-state index is 0.382. The maximum Gasteiger partial charge on any atom is 0.115 e. The van der Waals surface area contributed by atoms with Gasteiger partial charge in [-0.25, -0.2) is 0 Å². The molecule has 3 heteroatoms. The lowest BCUT2D eigenvalue weighted by molar-refractivity contribution is 0.413. The summed E-state index contributed by atoms with van der Waals surface area (Å²) in [6, 6.07) is 23.8. The number of aromatic hydroxyl groups is 1. The molecular weight excluding hydrogens is 392 g/mol. The van der Waals surface area contributed by atoms with E-state index in [9.17, 15) is 5.11 Å². The van der Waals surface area contributed by atoms with Gasteiger partial charge in [-0.05, 0) is 105 Å². The molecule has 0 heterocycles. The van der Waals surface area contributed by atoms with Crippen molar-refractivity contribution in [2.24, 2.45) is 0 Å². The lowest BCUT2D eigenvalue weighted by Gasteiger charge is -2.27. The van der Waals surface area contributed by atoms with Crippen LogP contribution in [0.3, 0.4) is 0 Å². The van der Waals surface area contributed by atoms with Crippen LogP contribution in [-0.2, 0) is 25.7 Å². The van der Waals surface area contributed by atoms with Crippen molar-refractivity contribution in [1.29, 1.82) is 0 Å². The van der Waals surface area contributed by atoms with Crippen molar-refractivity contribution in [2.45, 2.75) is 44.4 Å². The topological polar surface area (TPSA) is 35.5 Å². The van der Waals surface area contributed by atoms with Gasteiger partial charge in [-0.2, -0.15) is 0 Å². The Hall–Kier alpha value is -2.78. The number of likely N-dealkylation sites (N-methyl/N-ethyl adjacent to an activating group) is 1. The molecule has 0 amide bonds. The molecule has 3 nitrogen and oxygen atoms in total. The number of nitrogens with one attached hydrogen (secondary N) is 1. The van der Waals surface area contributed by atoms with Crippen molar-refractivity contribution in [2.75, 3.05) is 32.5 Å². The molecular formula is C29H36N2O. The van der Waals surface area contributed by atoms with Crippen LogP contribution in [0.1, 0.15) is 46.6 Å². The van der Waals surface area contributed by atoms with Gasteiger partial charge in [-0.1, -0.05) is 48.5 Å². The first-order valence-corrected chi connectivity index (χ1v) is 11.9. The van der Waals surface area contributed by atoms with Crippen molar-refractivity contribution in [1.82, 2.24) is 4.90 Å². The van der Waals surface area contributed by atoms with Crippen LogP contribution >= 0.6 is 0 Å². The SMILES string of the molecule is CN(C)CCc1ccc(CCCNc2ccccc2C2CCc3cc(O)ccc3C2)cc1. The summed E-state index contributed by atoms with van der Waals surface area (Å²) in [4.78, 5) is 2.23. The highest BCUT2D eigenvalue weighted by atomic mass is 16.3. The monoisotopic (exact) mass is 428 g/mol. The molecule has 168 valence electrons. The molecule has 4 rings (SSSR count). The standard InChI is InChI=1S/C29H36N2O/c1-31(2)19-17-23-11-9-22(10-12-23)6-5-18-30-29-8-4-3-7-28(29)26-14-13-25-21-27(32)16-15-24(25)20-26/h3-4,7-12,15-16,21,26,30,32H,5-6,13-14,17-20H2,1-2H3. The normalized spacial score (nSPS) is 15.5. The van der Waals surface area contributed by atoms with Crippen molar-refractivity contribution in [3.05, 3.63) is 94.5 Å². The van der Waals surface area contributed by atoms with Gasteiger partial charge in [0.2, 0.25) is 0 Å². The van der Waals surface area contributed by atoms with Crippen LogP contribution in [0.2, 0.25) is 0 Å². The molecule has 0 saturated carbocycles. The molecule has 1 unspecified atom stereocenters. The largest absolute Gasteiger partial charge is 0.508 e. The van der Waals surface area contributed by atoms with Crippen LogP contribution < -0.4 is 5.32 Å². The third kappa shape index (κ3) is 5.92. The van der Waals surface area contributed by atoms with Gasteiger partial charge in [-0.3, -0.25) is 0 Å². The Labute approximate surface area is 193 Å². The number of hydrogen-bond acceptors (Lipinski definition) is 3. The fourth-order valence-electron chi connectivity index (χ4n) is 4.76. The maximum atomic E-state index is 9.76. The number of hydrogen-bond donors (Lipinski definition) is 2. The predicted octanol–water partition coefficient (Wildman–Crippen LogP) is 5.81. The van der Waals surface area contributed by atoms with Crippen molar-refractivity contribution < 1.29 is 5.11 Å². The minimum absolute atomic E-state index is 0.382. The van der Waals surface area contributed by atoms with E-state index < -0.39 is 0 Å². The van der Waals surface area contributed by atoms with Crippen LogP contribution in [0.5, 0.6) is 5.75 Å². The second-order valence-corrected chi connectivity index (χ2v) is 9.38. The van der Waals surface area contributed by atoms with Crippen LogP contribution in [-0.4, -0.2) is 37.2 Å². The van der Waals surface area contributed by atoms with E-state index in [-0.39, 0.29) is 0 Å². The van der Waals surface area contributed by atoms with E-state index in [1.807, 2.05) is 12.1 Å². The van der Waals surface area contributed by atoms with E-state index >= 15 is 0 Å². The summed E-state index contributed by atoms with van der Waals surface area (Å²) >= 11 is 0. The number of nitrogens with zero attached hydrogens (tertiary/aromatic N) is 1. The molecule has 0 aromatic heterocycles. The first-order valence-electron chi connectivity index (χ1n) is 11.9. The number of phenols is 1. The van der Waals surface area contributed by atoms with E-state index in [2.05, 4.69) is 78.9 Å². The fraction of sp³-hybridized carbons (Fsp3) is 0.379. The Kier molecular flexibility index (Phi) is 7.49. The Morgan fingerprint density at radius 3 is 2.44 bits per heavy atom. The zero-order valence-electron chi connectivity index (χ0n) is 19.5.